The number of hydrogen-bond acceptors (Lipinski definition) is 3. The number of rotatable bonds is 6. The van der Waals surface area contributed by atoms with Crippen molar-refractivity contribution >= 4 is 6.29 Å². The first-order valence-corrected chi connectivity index (χ1v) is 7.57. The molecule has 3 nitrogen and oxygen atoms in total. The number of hydrogen-bond donors (Lipinski definition) is 0. The van der Waals surface area contributed by atoms with E-state index in [0.717, 1.165) is 36.8 Å². The molecule has 1 aliphatic heterocycles. The highest BCUT2D eigenvalue weighted by atomic mass is 16.5. The molecule has 1 saturated heterocycles. The first-order chi connectivity index (χ1) is 9.67. The molecule has 1 aliphatic rings. The summed E-state index contributed by atoms with van der Waals surface area (Å²) < 4.78 is 5.71. The van der Waals surface area contributed by atoms with Crippen LogP contribution in [-0.4, -0.2) is 37.4 Å². The second-order valence-corrected chi connectivity index (χ2v) is 6.10. The van der Waals surface area contributed by atoms with Gasteiger partial charge in [-0.1, -0.05) is 26.0 Å². The maximum atomic E-state index is 10.7. The fourth-order valence-electron chi connectivity index (χ4n) is 3.13. The zero-order chi connectivity index (χ0) is 14.4. The zero-order valence-electron chi connectivity index (χ0n) is 12.5. The summed E-state index contributed by atoms with van der Waals surface area (Å²) in [6.07, 6.45) is 3.24. The van der Waals surface area contributed by atoms with E-state index in [-0.39, 0.29) is 0 Å². The highest BCUT2D eigenvalue weighted by molar-refractivity contribution is 5.75. The van der Waals surface area contributed by atoms with E-state index in [2.05, 4.69) is 18.7 Å². The van der Waals surface area contributed by atoms with E-state index < -0.39 is 0 Å². The van der Waals surface area contributed by atoms with Crippen molar-refractivity contribution in [2.45, 2.75) is 26.7 Å². The molecule has 0 amide bonds. The Morgan fingerprint density at radius 2 is 2.05 bits per heavy atom. The van der Waals surface area contributed by atoms with E-state index >= 15 is 0 Å². The van der Waals surface area contributed by atoms with Gasteiger partial charge >= 0.3 is 0 Å². The van der Waals surface area contributed by atoms with Crippen molar-refractivity contribution in [2.24, 2.45) is 11.8 Å². The molecule has 1 aromatic rings. The number of carbonyl (C=O) groups is 1. The Kier molecular flexibility index (Phi) is 5.60. The van der Waals surface area contributed by atoms with E-state index in [0.29, 0.717) is 12.2 Å². The second kappa shape index (κ2) is 7.44. The Bertz CT molecular complexity index is 423. The Morgan fingerprint density at radius 1 is 1.30 bits per heavy atom. The topological polar surface area (TPSA) is 29.5 Å². The molecule has 0 bridgehead atoms. The SMILES string of the molecule is CC1CC(C)CN(CCCOc2cccc(C=O)c2)C1. The van der Waals surface area contributed by atoms with Crippen molar-refractivity contribution in [1.29, 1.82) is 0 Å². The molecule has 2 rings (SSSR count). The predicted molar refractivity (Wildman–Crippen MR) is 81.3 cm³/mol. The van der Waals surface area contributed by atoms with Crippen molar-refractivity contribution in [3.63, 3.8) is 0 Å². The van der Waals surface area contributed by atoms with Crippen LogP contribution in [0, 0.1) is 11.8 Å². The van der Waals surface area contributed by atoms with E-state index in [1.807, 2.05) is 12.1 Å². The molecule has 110 valence electrons. The molecular weight excluding hydrogens is 250 g/mol. The third kappa shape index (κ3) is 4.64. The van der Waals surface area contributed by atoms with E-state index in [9.17, 15) is 4.79 Å². The van der Waals surface area contributed by atoms with E-state index in [1.54, 1.807) is 12.1 Å². The molecule has 0 radical (unpaired) electrons. The van der Waals surface area contributed by atoms with Crippen molar-refractivity contribution in [2.75, 3.05) is 26.2 Å². The molecule has 1 heterocycles. The van der Waals surface area contributed by atoms with Crippen LogP contribution in [0.2, 0.25) is 0 Å². The van der Waals surface area contributed by atoms with Gasteiger partial charge in [0.15, 0.2) is 0 Å². The first-order valence-electron chi connectivity index (χ1n) is 7.57. The standard InChI is InChI=1S/C17H25NO2/c1-14-9-15(2)12-18(11-14)7-4-8-20-17-6-3-5-16(10-17)13-19/h3,5-6,10,13-15H,4,7-9,11-12H2,1-2H3. The summed E-state index contributed by atoms with van der Waals surface area (Å²) in [7, 11) is 0. The molecule has 1 aromatic carbocycles. The largest absolute Gasteiger partial charge is 0.494 e. The van der Waals surface area contributed by atoms with Crippen molar-refractivity contribution in [1.82, 2.24) is 4.90 Å². The number of benzene rings is 1. The van der Waals surface area contributed by atoms with Gasteiger partial charge in [-0.25, -0.2) is 0 Å². The maximum absolute atomic E-state index is 10.7. The number of aldehydes is 1. The average molecular weight is 275 g/mol. The van der Waals surface area contributed by atoms with Crippen LogP contribution in [0.3, 0.4) is 0 Å². The van der Waals surface area contributed by atoms with Crippen LogP contribution in [0.25, 0.3) is 0 Å². The minimum Gasteiger partial charge on any atom is -0.494 e. The van der Waals surface area contributed by atoms with Crippen LogP contribution in [0.5, 0.6) is 5.75 Å². The van der Waals surface area contributed by atoms with Gasteiger partial charge in [0.05, 0.1) is 6.61 Å². The molecule has 20 heavy (non-hydrogen) atoms. The summed E-state index contributed by atoms with van der Waals surface area (Å²) >= 11 is 0. The van der Waals surface area contributed by atoms with Crippen molar-refractivity contribution in [3.05, 3.63) is 29.8 Å². The molecule has 1 fully saturated rings. The van der Waals surface area contributed by atoms with Crippen LogP contribution >= 0.6 is 0 Å². The molecular formula is C17H25NO2. The number of likely N-dealkylation sites (tertiary alicyclic amines) is 1. The smallest absolute Gasteiger partial charge is 0.150 e. The van der Waals surface area contributed by atoms with Crippen LogP contribution in [-0.2, 0) is 0 Å². The summed E-state index contributed by atoms with van der Waals surface area (Å²) in [6.45, 7) is 8.91. The molecule has 0 N–H and O–H groups in total. The highest BCUT2D eigenvalue weighted by Gasteiger charge is 2.20. The fourth-order valence-corrected chi connectivity index (χ4v) is 3.13. The van der Waals surface area contributed by atoms with Crippen LogP contribution in [0.15, 0.2) is 24.3 Å². The van der Waals surface area contributed by atoms with Gasteiger partial charge in [-0.15, -0.1) is 0 Å². The normalized spacial score (nSPS) is 23.5. The van der Waals surface area contributed by atoms with Gasteiger partial charge in [0.1, 0.15) is 12.0 Å². The Balaban J connectivity index is 1.69. The molecule has 2 unspecified atom stereocenters. The molecule has 2 atom stereocenters. The third-order valence-corrected chi connectivity index (χ3v) is 3.83. The lowest BCUT2D eigenvalue weighted by atomic mass is 9.92. The Morgan fingerprint density at radius 3 is 2.75 bits per heavy atom. The number of nitrogens with zero attached hydrogens (tertiary/aromatic N) is 1. The zero-order valence-corrected chi connectivity index (χ0v) is 12.5. The summed E-state index contributed by atoms with van der Waals surface area (Å²) in [5.74, 6) is 2.41. The molecule has 0 spiro atoms. The van der Waals surface area contributed by atoms with Crippen LogP contribution < -0.4 is 4.74 Å². The van der Waals surface area contributed by atoms with E-state index in [1.165, 1.54) is 19.5 Å². The average Bonchev–Trinajstić information content (AvgIpc) is 2.43. The second-order valence-electron chi connectivity index (χ2n) is 6.10. The van der Waals surface area contributed by atoms with Crippen LogP contribution in [0.4, 0.5) is 0 Å². The van der Waals surface area contributed by atoms with Crippen molar-refractivity contribution < 1.29 is 9.53 Å². The third-order valence-electron chi connectivity index (χ3n) is 3.83. The summed E-state index contributed by atoms with van der Waals surface area (Å²) in [6, 6.07) is 7.33. The molecule has 3 heteroatoms. The number of piperidine rings is 1. The van der Waals surface area contributed by atoms with Gasteiger partial charge in [-0.05, 0) is 36.8 Å². The van der Waals surface area contributed by atoms with Gasteiger partial charge in [0.2, 0.25) is 0 Å². The molecule has 0 saturated carbocycles. The van der Waals surface area contributed by atoms with Gasteiger partial charge in [-0.3, -0.25) is 4.79 Å². The summed E-state index contributed by atoms with van der Waals surface area (Å²) in [4.78, 5) is 13.2. The molecule has 0 aliphatic carbocycles. The summed E-state index contributed by atoms with van der Waals surface area (Å²) in [5.41, 5.74) is 0.668. The minimum absolute atomic E-state index is 0.668. The van der Waals surface area contributed by atoms with E-state index in [4.69, 9.17) is 4.74 Å². The van der Waals surface area contributed by atoms with Gasteiger partial charge < -0.3 is 9.64 Å². The van der Waals surface area contributed by atoms with Gasteiger partial charge in [0.25, 0.3) is 0 Å². The maximum Gasteiger partial charge on any atom is 0.150 e. The fraction of sp³-hybridized carbons (Fsp3) is 0.588. The lowest BCUT2D eigenvalue weighted by molar-refractivity contribution is 0.112. The number of carbonyl (C=O) groups excluding carboxylic acids is 1. The molecule has 0 aromatic heterocycles. The monoisotopic (exact) mass is 275 g/mol. The van der Waals surface area contributed by atoms with Crippen LogP contribution in [0.1, 0.15) is 37.0 Å². The Labute approximate surface area is 121 Å². The van der Waals surface area contributed by atoms with Gasteiger partial charge in [-0.2, -0.15) is 0 Å². The quantitative estimate of drug-likeness (QED) is 0.589. The lowest BCUT2D eigenvalue weighted by Crippen LogP contribution is -2.39. The van der Waals surface area contributed by atoms with Gasteiger partial charge in [0, 0.05) is 25.2 Å². The number of ether oxygens (including phenoxy) is 1. The summed E-state index contributed by atoms with van der Waals surface area (Å²) in [5, 5.41) is 0. The lowest BCUT2D eigenvalue weighted by Gasteiger charge is -2.34. The predicted octanol–water partition coefficient (Wildman–Crippen LogP) is 3.25. The minimum atomic E-state index is 0.668. The van der Waals surface area contributed by atoms with Crippen molar-refractivity contribution in [3.8, 4) is 5.75 Å². The Hall–Kier alpha value is -1.35. The highest BCUT2D eigenvalue weighted by Crippen LogP contribution is 2.21. The first kappa shape index (κ1) is 15.0.